The summed E-state index contributed by atoms with van der Waals surface area (Å²) in [6.07, 6.45) is 0. The molecule has 0 heterocycles. The monoisotopic (exact) mass is 606 g/mol. The molecule has 0 saturated carbocycles. The van der Waals surface area contributed by atoms with E-state index >= 15 is 4.57 Å². The highest BCUT2D eigenvalue weighted by molar-refractivity contribution is 7.85. The van der Waals surface area contributed by atoms with Gasteiger partial charge in [0.05, 0.1) is 0 Å². The van der Waals surface area contributed by atoms with Crippen LogP contribution in [-0.2, 0) is 4.57 Å². The van der Waals surface area contributed by atoms with Crippen LogP contribution in [0.25, 0.3) is 54.9 Å². The first-order chi connectivity index (χ1) is 22.7. The Morgan fingerprint density at radius 3 is 1.24 bits per heavy atom. The summed E-state index contributed by atoms with van der Waals surface area (Å²) in [6, 6.07) is 65.1. The first kappa shape index (κ1) is 28.0. The van der Waals surface area contributed by atoms with Gasteiger partial charge in [0.2, 0.25) is 0 Å². The lowest BCUT2D eigenvalue weighted by Gasteiger charge is -2.20. The van der Waals surface area contributed by atoms with Gasteiger partial charge >= 0.3 is 0 Å². The molecule has 0 aliphatic rings. The van der Waals surface area contributed by atoms with Gasteiger partial charge in [-0.25, -0.2) is 0 Å². The Morgan fingerprint density at radius 2 is 0.696 bits per heavy atom. The van der Waals surface area contributed by atoms with Crippen molar-refractivity contribution in [3.05, 3.63) is 188 Å². The molecule has 0 unspecified atom stereocenters. The SMILES string of the molecule is O=P(c1ccccc1)(c1ccccc1)c1cccc(-c2cccc(-c3cccc(-c4c5ccccc5cc5ccccc45)c3)c2)c1. The molecule has 0 fully saturated rings. The van der Waals surface area contributed by atoms with Crippen molar-refractivity contribution in [1.82, 2.24) is 0 Å². The fourth-order valence-electron chi connectivity index (χ4n) is 6.66. The second kappa shape index (κ2) is 11.8. The van der Waals surface area contributed by atoms with Gasteiger partial charge in [0.1, 0.15) is 0 Å². The van der Waals surface area contributed by atoms with Crippen LogP contribution in [0.4, 0.5) is 0 Å². The van der Waals surface area contributed by atoms with Crippen molar-refractivity contribution in [2.45, 2.75) is 0 Å². The second-order valence-corrected chi connectivity index (χ2v) is 14.5. The molecule has 0 aliphatic heterocycles. The lowest BCUT2D eigenvalue weighted by Crippen LogP contribution is -2.25. The van der Waals surface area contributed by atoms with Gasteiger partial charge in [-0.1, -0.05) is 164 Å². The van der Waals surface area contributed by atoms with Crippen molar-refractivity contribution in [2.24, 2.45) is 0 Å². The molecule has 0 aliphatic carbocycles. The molecule has 0 atom stereocenters. The van der Waals surface area contributed by atoms with E-state index in [-0.39, 0.29) is 0 Å². The van der Waals surface area contributed by atoms with Crippen LogP contribution in [0, 0.1) is 0 Å². The van der Waals surface area contributed by atoms with Crippen LogP contribution in [0.5, 0.6) is 0 Å². The Bertz CT molecular complexity index is 2290. The molecule has 218 valence electrons. The lowest BCUT2D eigenvalue weighted by atomic mass is 9.90. The van der Waals surface area contributed by atoms with E-state index in [1.54, 1.807) is 0 Å². The first-order valence-corrected chi connectivity index (χ1v) is 17.3. The van der Waals surface area contributed by atoms with Crippen molar-refractivity contribution in [2.75, 3.05) is 0 Å². The zero-order valence-electron chi connectivity index (χ0n) is 25.3. The molecule has 0 spiro atoms. The Labute approximate surface area is 269 Å². The number of benzene rings is 8. The van der Waals surface area contributed by atoms with Gasteiger partial charge in [-0.05, 0) is 79.2 Å². The minimum atomic E-state index is -3.07. The van der Waals surface area contributed by atoms with E-state index < -0.39 is 7.14 Å². The van der Waals surface area contributed by atoms with Gasteiger partial charge in [-0.2, -0.15) is 0 Å². The molecule has 0 saturated heterocycles. The molecule has 8 aromatic rings. The molecule has 0 aromatic heterocycles. The van der Waals surface area contributed by atoms with Crippen molar-refractivity contribution < 1.29 is 4.57 Å². The van der Waals surface area contributed by atoms with Gasteiger partial charge in [-0.3, -0.25) is 0 Å². The Hall–Kier alpha value is -5.49. The molecule has 8 rings (SSSR count). The summed E-state index contributed by atoms with van der Waals surface area (Å²) in [5.74, 6) is 0. The molecule has 0 amide bonds. The van der Waals surface area contributed by atoms with Crippen molar-refractivity contribution in [3.63, 3.8) is 0 Å². The quantitative estimate of drug-likeness (QED) is 0.136. The van der Waals surface area contributed by atoms with Crippen LogP contribution >= 0.6 is 7.14 Å². The van der Waals surface area contributed by atoms with Gasteiger partial charge in [0.25, 0.3) is 0 Å². The van der Waals surface area contributed by atoms with E-state index in [9.17, 15) is 0 Å². The fourth-order valence-corrected chi connectivity index (χ4v) is 9.36. The summed E-state index contributed by atoms with van der Waals surface area (Å²) in [7, 11) is -3.07. The number of rotatable bonds is 6. The number of hydrogen-bond acceptors (Lipinski definition) is 1. The zero-order valence-corrected chi connectivity index (χ0v) is 26.1. The molecule has 0 radical (unpaired) electrons. The minimum Gasteiger partial charge on any atom is -0.309 e. The third kappa shape index (κ3) is 4.96. The Morgan fingerprint density at radius 1 is 0.304 bits per heavy atom. The van der Waals surface area contributed by atoms with E-state index in [1.165, 1.54) is 32.7 Å². The Balaban J connectivity index is 1.23. The Kier molecular flexibility index (Phi) is 7.18. The summed E-state index contributed by atoms with van der Waals surface area (Å²) in [6.45, 7) is 0. The van der Waals surface area contributed by atoms with Crippen molar-refractivity contribution in [3.8, 4) is 33.4 Å². The maximum Gasteiger partial charge on any atom is 0.171 e. The lowest BCUT2D eigenvalue weighted by molar-refractivity contribution is 0.592. The standard InChI is InChI=1S/C44H31OP/c45-46(39-21-3-1-4-22-39,40-23-5-2-6-24-40)41-25-13-19-35(31-41)33-17-11-16-32(28-33)34-18-12-20-38(29-34)44-42-26-9-7-14-36(42)30-37-15-8-10-27-43(37)44/h1-31H. The van der Waals surface area contributed by atoms with E-state index in [2.05, 4.69) is 115 Å². The fraction of sp³-hybridized carbons (Fsp3) is 0. The highest BCUT2D eigenvalue weighted by Crippen LogP contribution is 2.43. The molecular formula is C44H31OP. The summed E-state index contributed by atoms with van der Waals surface area (Å²) >= 11 is 0. The molecule has 2 heteroatoms. The molecular weight excluding hydrogens is 575 g/mol. The molecule has 8 aromatic carbocycles. The predicted molar refractivity (Wildman–Crippen MR) is 197 cm³/mol. The number of hydrogen-bond donors (Lipinski definition) is 0. The van der Waals surface area contributed by atoms with Crippen LogP contribution in [-0.4, -0.2) is 0 Å². The minimum absolute atomic E-state index is 0.831. The molecule has 0 bridgehead atoms. The maximum absolute atomic E-state index is 15.0. The summed E-state index contributed by atoms with van der Waals surface area (Å²) in [5.41, 5.74) is 6.90. The molecule has 0 N–H and O–H groups in total. The maximum atomic E-state index is 15.0. The van der Waals surface area contributed by atoms with Crippen LogP contribution in [0.3, 0.4) is 0 Å². The van der Waals surface area contributed by atoms with Crippen LogP contribution in [0.2, 0.25) is 0 Å². The van der Waals surface area contributed by atoms with E-state index in [0.717, 1.165) is 38.2 Å². The normalized spacial score (nSPS) is 11.6. The average molecular weight is 607 g/mol. The van der Waals surface area contributed by atoms with Crippen LogP contribution < -0.4 is 15.9 Å². The smallest absolute Gasteiger partial charge is 0.171 e. The van der Waals surface area contributed by atoms with Crippen LogP contribution in [0.1, 0.15) is 0 Å². The molecule has 46 heavy (non-hydrogen) atoms. The third-order valence-electron chi connectivity index (χ3n) is 8.90. The highest BCUT2D eigenvalue weighted by atomic mass is 31.2. The van der Waals surface area contributed by atoms with E-state index in [0.29, 0.717) is 0 Å². The summed E-state index contributed by atoms with van der Waals surface area (Å²) in [4.78, 5) is 0. The average Bonchev–Trinajstić information content (AvgIpc) is 3.14. The topological polar surface area (TPSA) is 17.1 Å². The second-order valence-electron chi connectivity index (χ2n) is 11.7. The highest BCUT2D eigenvalue weighted by Gasteiger charge is 2.29. The zero-order chi connectivity index (χ0) is 30.9. The van der Waals surface area contributed by atoms with E-state index in [1.807, 2.05) is 72.8 Å². The van der Waals surface area contributed by atoms with Crippen molar-refractivity contribution in [1.29, 1.82) is 0 Å². The van der Waals surface area contributed by atoms with Gasteiger partial charge in [-0.15, -0.1) is 0 Å². The summed E-state index contributed by atoms with van der Waals surface area (Å²) < 4.78 is 15.0. The van der Waals surface area contributed by atoms with Crippen LogP contribution in [0.15, 0.2) is 188 Å². The number of fused-ring (bicyclic) bond motifs is 2. The van der Waals surface area contributed by atoms with E-state index in [4.69, 9.17) is 0 Å². The van der Waals surface area contributed by atoms with Gasteiger partial charge < -0.3 is 4.57 Å². The van der Waals surface area contributed by atoms with Gasteiger partial charge in [0.15, 0.2) is 7.14 Å². The molecule has 1 nitrogen and oxygen atoms in total. The first-order valence-electron chi connectivity index (χ1n) is 15.6. The van der Waals surface area contributed by atoms with Gasteiger partial charge in [0, 0.05) is 15.9 Å². The van der Waals surface area contributed by atoms with Crippen molar-refractivity contribution >= 4 is 44.6 Å². The third-order valence-corrected chi connectivity index (χ3v) is 12.0. The largest absolute Gasteiger partial charge is 0.309 e. The summed E-state index contributed by atoms with van der Waals surface area (Å²) in [5, 5.41) is 7.50. The predicted octanol–water partition coefficient (Wildman–Crippen LogP) is 10.6.